The highest BCUT2D eigenvalue weighted by molar-refractivity contribution is 5.91. The second kappa shape index (κ2) is 9.85. The number of methoxy groups -OCH3 is 2. The summed E-state index contributed by atoms with van der Waals surface area (Å²) >= 11 is 0. The van der Waals surface area contributed by atoms with Gasteiger partial charge in [-0.15, -0.1) is 0 Å². The first-order valence-corrected chi connectivity index (χ1v) is 11.4. The van der Waals surface area contributed by atoms with Gasteiger partial charge in [0.1, 0.15) is 23.4 Å². The maximum Gasteiger partial charge on any atom is 0.410 e. The van der Waals surface area contributed by atoms with E-state index in [9.17, 15) is 14.4 Å². The minimum absolute atomic E-state index is 0.120. The topological polar surface area (TPSA) is 132 Å². The third kappa shape index (κ3) is 5.18. The van der Waals surface area contributed by atoms with Gasteiger partial charge >= 0.3 is 6.09 Å². The second-order valence-corrected chi connectivity index (χ2v) is 9.29. The van der Waals surface area contributed by atoms with Gasteiger partial charge < -0.3 is 29.2 Å². The average Bonchev–Trinajstić information content (AvgIpc) is 3.25. The molecule has 2 fully saturated rings. The van der Waals surface area contributed by atoms with Gasteiger partial charge in [0.05, 0.1) is 19.8 Å². The molecule has 0 spiro atoms. The predicted octanol–water partition coefficient (Wildman–Crippen LogP) is 3.12. The molecule has 1 aromatic carbocycles. The highest BCUT2D eigenvalue weighted by Gasteiger charge is 2.43. The number of aromatic nitrogens is 2. The molecule has 2 N–H and O–H groups in total. The fourth-order valence-corrected chi connectivity index (χ4v) is 4.16. The van der Waals surface area contributed by atoms with Crippen LogP contribution in [-0.2, 0) is 9.53 Å². The maximum atomic E-state index is 12.4. The Morgan fingerprint density at radius 3 is 2.54 bits per heavy atom. The molecule has 0 bridgehead atoms. The quantitative estimate of drug-likeness (QED) is 0.517. The number of rotatable bonds is 9. The monoisotopic (exact) mass is 486 g/mol. The van der Waals surface area contributed by atoms with Crippen LogP contribution in [-0.4, -0.2) is 72.4 Å². The standard InChI is InChI=1S/C24H30N4O7/c1-24(2)5-6-28(24)23(31)35-16-7-14(8-16)18-11-21(27-26-18)25-22(30)13-34-20-10-15(32-3)9-19(33-4)17(20)12-29/h9-12,14,16H,5-8,13H2,1-4H3,(H2,25,26,27,30). The van der Waals surface area contributed by atoms with Gasteiger partial charge in [0, 0.05) is 41.9 Å². The third-order valence-electron chi connectivity index (χ3n) is 6.58. The summed E-state index contributed by atoms with van der Waals surface area (Å²) in [6.07, 6.45) is 2.60. The van der Waals surface area contributed by atoms with Crippen molar-refractivity contribution in [1.82, 2.24) is 15.1 Å². The molecule has 1 saturated carbocycles. The SMILES string of the molecule is COc1cc(OC)c(C=O)c(OCC(=O)Nc2cc(C3CC(OC(=O)N4CCC4(C)C)C3)[nH]n2)c1. The van der Waals surface area contributed by atoms with Gasteiger partial charge in [-0.05, 0) is 33.1 Å². The zero-order valence-electron chi connectivity index (χ0n) is 20.3. The number of hydrogen-bond donors (Lipinski definition) is 2. The zero-order chi connectivity index (χ0) is 25.2. The molecule has 4 rings (SSSR count). The molecular formula is C24H30N4O7. The molecule has 11 heteroatoms. The van der Waals surface area contributed by atoms with Crippen LogP contribution in [0, 0.1) is 0 Å². The summed E-state index contributed by atoms with van der Waals surface area (Å²) in [7, 11) is 2.90. The molecule has 1 aromatic heterocycles. The number of H-pyrrole nitrogens is 1. The Morgan fingerprint density at radius 1 is 1.20 bits per heavy atom. The molecule has 0 unspecified atom stereocenters. The molecule has 2 heterocycles. The Labute approximate surface area is 203 Å². The van der Waals surface area contributed by atoms with E-state index in [1.165, 1.54) is 20.3 Å². The lowest BCUT2D eigenvalue weighted by Crippen LogP contribution is -2.59. The number of likely N-dealkylation sites (tertiary alicyclic amines) is 1. The van der Waals surface area contributed by atoms with E-state index in [0.29, 0.717) is 30.7 Å². The van der Waals surface area contributed by atoms with E-state index in [4.69, 9.17) is 18.9 Å². The molecule has 35 heavy (non-hydrogen) atoms. The van der Waals surface area contributed by atoms with Gasteiger partial charge in [-0.25, -0.2) is 4.79 Å². The highest BCUT2D eigenvalue weighted by Crippen LogP contribution is 2.40. The minimum atomic E-state index is -0.445. The summed E-state index contributed by atoms with van der Waals surface area (Å²) in [5, 5.41) is 9.73. The van der Waals surface area contributed by atoms with Crippen molar-refractivity contribution in [3.63, 3.8) is 0 Å². The fourth-order valence-electron chi connectivity index (χ4n) is 4.16. The largest absolute Gasteiger partial charge is 0.496 e. The van der Waals surface area contributed by atoms with E-state index in [0.717, 1.165) is 18.7 Å². The van der Waals surface area contributed by atoms with Crippen LogP contribution < -0.4 is 19.5 Å². The first-order chi connectivity index (χ1) is 16.7. The number of aldehydes is 1. The number of carbonyl (C=O) groups is 3. The van der Waals surface area contributed by atoms with Crippen molar-refractivity contribution < 1.29 is 33.3 Å². The van der Waals surface area contributed by atoms with Crippen LogP contribution in [0.1, 0.15) is 55.1 Å². The number of amides is 2. The Balaban J connectivity index is 1.26. The van der Waals surface area contributed by atoms with Crippen molar-refractivity contribution in [2.45, 2.75) is 50.7 Å². The number of aromatic amines is 1. The molecule has 2 aromatic rings. The molecule has 0 atom stereocenters. The van der Waals surface area contributed by atoms with Crippen LogP contribution >= 0.6 is 0 Å². The Morgan fingerprint density at radius 2 is 1.94 bits per heavy atom. The summed E-state index contributed by atoms with van der Waals surface area (Å²) in [4.78, 5) is 37.9. The lowest BCUT2D eigenvalue weighted by molar-refractivity contribution is -0.118. The third-order valence-corrected chi connectivity index (χ3v) is 6.58. The van der Waals surface area contributed by atoms with Gasteiger partial charge in [-0.3, -0.25) is 14.7 Å². The minimum Gasteiger partial charge on any atom is -0.496 e. The lowest BCUT2D eigenvalue weighted by Gasteiger charge is -2.48. The molecule has 188 valence electrons. The van der Waals surface area contributed by atoms with E-state index in [2.05, 4.69) is 15.5 Å². The van der Waals surface area contributed by atoms with Crippen LogP contribution in [0.3, 0.4) is 0 Å². The normalized spacial score (nSPS) is 20.2. The summed E-state index contributed by atoms with van der Waals surface area (Å²) < 4.78 is 21.5. The molecule has 0 radical (unpaired) electrons. The van der Waals surface area contributed by atoms with E-state index < -0.39 is 5.91 Å². The number of ether oxygens (including phenoxy) is 4. The maximum absolute atomic E-state index is 12.4. The summed E-state index contributed by atoms with van der Waals surface area (Å²) in [5.41, 5.74) is 0.910. The smallest absolute Gasteiger partial charge is 0.410 e. The Bertz CT molecular complexity index is 1110. The Hall–Kier alpha value is -3.76. The summed E-state index contributed by atoms with van der Waals surface area (Å²) in [6, 6.07) is 4.82. The highest BCUT2D eigenvalue weighted by atomic mass is 16.6. The van der Waals surface area contributed by atoms with E-state index in [1.807, 2.05) is 13.8 Å². The molecule has 1 aliphatic heterocycles. The molecule has 2 amide bonds. The lowest BCUT2D eigenvalue weighted by atomic mass is 9.80. The van der Waals surface area contributed by atoms with E-state index >= 15 is 0 Å². The summed E-state index contributed by atoms with van der Waals surface area (Å²) in [5.74, 6) is 0.967. The van der Waals surface area contributed by atoms with E-state index in [1.54, 1.807) is 17.0 Å². The van der Waals surface area contributed by atoms with Crippen molar-refractivity contribution in [3.8, 4) is 17.2 Å². The van der Waals surface area contributed by atoms with E-state index in [-0.39, 0.29) is 47.3 Å². The first-order valence-electron chi connectivity index (χ1n) is 11.4. The molecule has 1 saturated heterocycles. The van der Waals surface area contributed by atoms with Gasteiger partial charge in [-0.1, -0.05) is 0 Å². The van der Waals surface area contributed by atoms with Gasteiger partial charge in [0.15, 0.2) is 18.7 Å². The molecular weight excluding hydrogens is 456 g/mol. The van der Waals surface area contributed by atoms with Crippen LogP contribution in [0.4, 0.5) is 10.6 Å². The van der Waals surface area contributed by atoms with Gasteiger partial charge in [0.2, 0.25) is 0 Å². The second-order valence-electron chi connectivity index (χ2n) is 9.29. The first kappa shape index (κ1) is 24.4. The van der Waals surface area contributed by atoms with Crippen molar-refractivity contribution in [2.24, 2.45) is 0 Å². The summed E-state index contributed by atoms with van der Waals surface area (Å²) in [6.45, 7) is 4.45. The van der Waals surface area contributed by atoms with Crippen molar-refractivity contribution >= 4 is 24.1 Å². The fraction of sp³-hybridized carbons (Fsp3) is 0.500. The van der Waals surface area contributed by atoms with Gasteiger partial charge in [-0.2, -0.15) is 5.10 Å². The number of hydrogen-bond acceptors (Lipinski definition) is 8. The number of carbonyl (C=O) groups excluding carboxylic acids is 3. The Kier molecular flexibility index (Phi) is 6.86. The average molecular weight is 487 g/mol. The molecule has 11 nitrogen and oxygen atoms in total. The predicted molar refractivity (Wildman–Crippen MR) is 125 cm³/mol. The van der Waals surface area contributed by atoms with Crippen LogP contribution in [0.5, 0.6) is 17.2 Å². The van der Waals surface area contributed by atoms with Crippen LogP contribution in [0.15, 0.2) is 18.2 Å². The number of benzene rings is 1. The van der Waals surface area contributed by atoms with Gasteiger partial charge in [0.25, 0.3) is 5.91 Å². The van der Waals surface area contributed by atoms with Crippen molar-refractivity contribution in [1.29, 1.82) is 0 Å². The molecule has 1 aliphatic carbocycles. The number of anilines is 1. The van der Waals surface area contributed by atoms with Crippen molar-refractivity contribution in [2.75, 3.05) is 32.7 Å². The number of nitrogens with one attached hydrogen (secondary N) is 2. The van der Waals surface area contributed by atoms with Crippen LogP contribution in [0.25, 0.3) is 0 Å². The number of nitrogens with zero attached hydrogens (tertiary/aromatic N) is 2. The molecule has 2 aliphatic rings. The van der Waals surface area contributed by atoms with Crippen LogP contribution in [0.2, 0.25) is 0 Å². The zero-order valence-corrected chi connectivity index (χ0v) is 20.3. The van der Waals surface area contributed by atoms with Crippen molar-refractivity contribution in [3.05, 3.63) is 29.5 Å².